The van der Waals surface area contributed by atoms with Crippen LogP contribution in [-0.4, -0.2) is 5.88 Å². The van der Waals surface area contributed by atoms with Gasteiger partial charge in [-0.2, -0.15) is 0 Å². The van der Waals surface area contributed by atoms with E-state index in [0.29, 0.717) is 5.92 Å². The van der Waals surface area contributed by atoms with Gasteiger partial charge in [-0.05, 0) is 42.7 Å². The molecule has 0 N–H and O–H groups in total. The van der Waals surface area contributed by atoms with Crippen molar-refractivity contribution in [2.75, 3.05) is 5.88 Å². The van der Waals surface area contributed by atoms with Gasteiger partial charge in [-0.25, -0.2) is 0 Å². The molecule has 16 heavy (non-hydrogen) atoms. The van der Waals surface area contributed by atoms with Crippen LogP contribution < -0.4 is 0 Å². The van der Waals surface area contributed by atoms with Crippen LogP contribution in [0.5, 0.6) is 0 Å². The van der Waals surface area contributed by atoms with Gasteiger partial charge in [-0.1, -0.05) is 37.6 Å². The summed E-state index contributed by atoms with van der Waals surface area (Å²) in [5.41, 5.74) is 2.91. The fourth-order valence-corrected chi connectivity index (χ4v) is 2.73. The molecule has 0 spiro atoms. The molecule has 1 unspecified atom stereocenters. The Bertz CT molecular complexity index is 311. The Balaban J connectivity index is 1.99. The molecule has 1 aliphatic carbocycles. The quantitative estimate of drug-likeness (QED) is 0.625. The van der Waals surface area contributed by atoms with Gasteiger partial charge in [-0.3, -0.25) is 0 Å². The van der Waals surface area contributed by atoms with Crippen molar-refractivity contribution in [2.24, 2.45) is 5.92 Å². The van der Waals surface area contributed by atoms with E-state index in [9.17, 15) is 0 Å². The number of hydrogen-bond acceptors (Lipinski definition) is 0. The molecule has 1 saturated carbocycles. The van der Waals surface area contributed by atoms with Crippen molar-refractivity contribution in [1.82, 2.24) is 0 Å². The summed E-state index contributed by atoms with van der Waals surface area (Å²) in [5, 5.41) is 0. The van der Waals surface area contributed by atoms with Crippen molar-refractivity contribution in [3.8, 4) is 0 Å². The Hall–Kier alpha value is -0.490. The van der Waals surface area contributed by atoms with Crippen molar-refractivity contribution in [3.05, 3.63) is 35.4 Å². The average Bonchev–Trinajstić information content (AvgIpc) is 3.13. The fourth-order valence-electron chi connectivity index (χ4n) is 2.30. The van der Waals surface area contributed by atoms with E-state index in [4.69, 9.17) is 11.6 Å². The first kappa shape index (κ1) is 12.0. The zero-order valence-corrected chi connectivity index (χ0v) is 10.8. The van der Waals surface area contributed by atoms with Crippen molar-refractivity contribution in [1.29, 1.82) is 0 Å². The standard InChI is InChI=1S/C15H21Cl/c1-2-3-4-12-5-7-13(8-6-12)15(11-16)14-9-10-14/h5-8,14-15H,2-4,9-11H2,1H3. The maximum absolute atomic E-state index is 6.06. The molecule has 1 aromatic rings. The predicted molar refractivity (Wildman–Crippen MR) is 71.2 cm³/mol. The van der Waals surface area contributed by atoms with Crippen molar-refractivity contribution < 1.29 is 0 Å². The molecule has 0 aromatic heterocycles. The molecular weight excluding hydrogens is 216 g/mol. The van der Waals surface area contributed by atoms with Gasteiger partial charge in [0.15, 0.2) is 0 Å². The molecule has 0 nitrogen and oxygen atoms in total. The Kier molecular flexibility index (Phi) is 4.29. The molecule has 1 aromatic carbocycles. The van der Waals surface area contributed by atoms with E-state index in [1.54, 1.807) is 0 Å². The highest BCUT2D eigenvalue weighted by Crippen LogP contribution is 2.43. The lowest BCUT2D eigenvalue weighted by Gasteiger charge is -2.13. The Labute approximate surface area is 104 Å². The van der Waals surface area contributed by atoms with Crippen LogP contribution in [0.3, 0.4) is 0 Å². The molecule has 0 saturated heterocycles. The van der Waals surface area contributed by atoms with Crippen molar-refractivity contribution in [2.45, 2.75) is 44.9 Å². The summed E-state index contributed by atoms with van der Waals surface area (Å²) in [7, 11) is 0. The van der Waals surface area contributed by atoms with Crippen LogP contribution in [0.15, 0.2) is 24.3 Å². The summed E-state index contributed by atoms with van der Waals surface area (Å²) in [4.78, 5) is 0. The van der Waals surface area contributed by atoms with Crippen LogP contribution in [0.4, 0.5) is 0 Å². The molecule has 1 fully saturated rings. The summed E-state index contributed by atoms with van der Waals surface area (Å²) >= 11 is 6.06. The number of aryl methyl sites for hydroxylation is 1. The summed E-state index contributed by atoms with van der Waals surface area (Å²) in [6.07, 6.45) is 6.52. The minimum absolute atomic E-state index is 0.599. The zero-order chi connectivity index (χ0) is 11.4. The van der Waals surface area contributed by atoms with Crippen LogP contribution in [0.25, 0.3) is 0 Å². The van der Waals surface area contributed by atoms with E-state index in [1.807, 2.05) is 0 Å². The molecular formula is C15H21Cl. The van der Waals surface area contributed by atoms with Crippen molar-refractivity contribution >= 4 is 11.6 Å². The lowest BCUT2D eigenvalue weighted by Crippen LogP contribution is -2.02. The molecule has 1 atom stereocenters. The van der Waals surface area contributed by atoms with Gasteiger partial charge < -0.3 is 0 Å². The highest BCUT2D eigenvalue weighted by molar-refractivity contribution is 6.18. The molecule has 0 amide bonds. The van der Waals surface area contributed by atoms with Gasteiger partial charge in [-0.15, -0.1) is 11.6 Å². The number of halogens is 1. The second kappa shape index (κ2) is 5.72. The van der Waals surface area contributed by atoms with Gasteiger partial charge in [0.1, 0.15) is 0 Å². The molecule has 0 radical (unpaired) electrons. The molecule has 1 aliphatic rings. The summed E-state index contributed by atoms with van der Waals surface area (Å²) in [5.74, 6) is 2.24. The molecule has 2 rings (SSSR count). The zero-order valence-electron chi connectivity index (χ0n) is 10.1. The van der Waals surface area contributed by atoms with E-state index < -0.39 is 0 Å². The number of rotatable bonds is 6. The van der Waals surface area contributed by atoms with E-state index in [-0.39, 0.29) is 0 Å². The lowest BCUT2D eigenvalue weighted by molar-refractivity contribution is 0.669. The minimum atomic E-state index is 0.599. The Morgan fingerprint density at radius 1 is 1.25 bits per heavy atom. The van der Waals surface area contributed by atoms with Crippen LogP contribution in [0.2, 0.25) is 0 Å². The third kappa shape index (κ3) is 3.01. The van der Waals surface area contributed by atoms with Gasteiger partial charge in [0.05, 0.1) is 0 Å². The first-order chi connectivity index (χ1) is 7.85. The van der Waals surface area contributed by atoms with Gasteiger partial charge in [0, 0.05) is 11.8 Å². The van der Waals surface area contributed by atoms with Gasteiger partial charge in [0.2, 0.25) is 0 Å². The normalized spacial score (nSPS) is 17.4. The topological polar surface area (TPSA) is 0 Å². The van der Waals surface area contributed by atoms with Crippen molar-refractivity contribution in [3.63, 3.8) is 0 Å². The monoisotopic (exact) mass is 236 g/mol. The molecule has 1 heteroatoms. The second-order valence-electron chi connectivity index (χ2n) is 4.94. The smallest absolute Gasteiger partial charge is 0.0294 e. The molecule has 0 bridgehead atoms. The third-order valence-electron chi connectivity index (χ3n) is 3.58. The average molecular weight is 237 g/mol. The Morgan fingerprint density at radius 3 is 2.44 bits per heavy atom. The van der Waals surface area contributed by atoms with Crippen LogP contribution in [0, 0.1) is 5.92 Å². The van der Waals surface area contributed by atoms with E-state index in [1.165, 1.54) is 43.2 Å². The highest BCUT2D eigenvalue weighted by Gasteiger charge is 2.31. The van der Waals surface area contributed by atoms with Crippen LogP contribution in [0.1, 0.15) is 49.7 Å². The van der Waals surface area contributed by atoms with E-state index in [0.717, 1.165) is 11.8 Å². The third-order valence-corrected chi connectivity index (χ3v) is 3.92. The highest BCUT2D eigenvalue weighted by atomic mass is 35.5. The SMILES string of the molecule is CCCCc1ccc(C(CCl)C2CC2)cc1. The number of benzene rings is 1. The molecule has 0 aliphatic heterocycles. The van der Waals surface area contributed by atoms with E-state index >= 15 is 0 Å². The number of alkyl halides is 1. The molecule has 0 heterocycles. The first-order valence-electron chi connectivity index (χ1n) is 6.50. The van der Waals surface area contributed by atoms with E-state index in [2.05, 4.69) is 31.2 Å². The summed E-state index contributed by atoms with van der Waals surface area (Å²) in [6.45, 7) is 2.24. The van der Waals surface area contributed by atoms with Gasteiger partial charge in [0.25, 0.3) is 0 Å². The first-order valence-corrected chi connectivity index (χ1v) is 7.03. The maximum Gasteiger partial charge on any atom is 0.0294 e. The number of unbranched alkanes of at least 4 members (excludes halogenated alkanes) is 1. The summed E-state index contributed by atoms with van der Waals surface area (Å²) in [6, 6.07) is 9.15. The second-order valence-corrected chi connectivity index (χ2v) is 5.25. The van der Waals surface area contributed by atoms with Crippen LogP contribution in [-0.2, 0) is 6.42 Å². The molecule has 88 valence electrons. The van der Waals surface area contributed by atoms with Crippen LogP contribution >= 0.6 is 11.6 Å². The van der Waals surface area contributed by atoms with Gasteiger partial charge >= 0.3 is 0 Å². The minimum Gasteiger partial charge on any atom is -0.126 e. The maximum atomic E-state index is 6.06. The number of hydrogen-bond donors (Lipinski definition) is 0. The lowest BCUT2D eigenvalue weighted by atomic mass is 9.94. The summed E-state index contributed by atoms with van der Waals surface area (Å²) < 4.78 is 0. The predicted octanol–water partition coefficient (Wildman–Crippen LogP) is 4.76. The Morgan fingerprint density at radius 2 is 1.94 bits per heavy atom. The fraction of sp³-hybridized carbons (Fsp3) is 0.600. The largest absolute Gasteiger partial charge is 0.126 e.